The quantitative estimate of drug-likeness (QED) is 0.642. The summed E-state index contributed by atoms with van der Waals surface area (Å²) in [5.74, 6) is 0.151. The minimum absolute atomic E-state index is 0.117. The largest absolute Gasteiger partial charge is 0.497 e. The molecule has 3 aromatic carbocycles. The average molecular weight is 410 g/mol. The lowest BCUT2D eigenvalue weighted by Crippen LogP contribution is -2.38. The van der Waals surface area contributed by atoms with Gasteiger partial charge in [-0.25, -0.2) is 8.42 Å². The average Bonchev–Trinajstić information content (AvgIpc) is 2.73. The fourth-order valence-electron chi connectivity index (χ4n) is 2.75. The molecule has 0 spiro atoms. The number of nitrogens with zero attached hydrogens (tertiary/aromatic N) is 1. The summed E-state index contributed by atoms with van der Waals surface area (Å²) in [7, 11) is -2.42. The van der Waals surface area contributed by atoms with Crippen LogP contribution in [0.5, 0.6) is 5.75 Å². The first-order valence-electron chi connectivity index (χ1n) is 8.98. The lowest BCUT2D eigenvalue weighted by molar-refractivity contribution is -0.114. The summed E-state index contributed by atoms with van der Waals surface area (Å²) in [6, 6.07) is 22.0. The lowest BCUT2D eigenvalue weighted by atomic mass is 10.2. The Bertz CT molecular complexity index is 1060. The van der Waals surface area contributed by atoms with Gasteiger partial charge in [0.25, 0.3) is 10.0 Å². The highest BCUT2D eigenvalue weighted by Gasteiger charge is 2.27. The third kappa shape index (κ3) is 4.94. The molecule has 1 amide bonds. The van der Waals surface area contributed by atoms with Crippen LogP contribution in [-0.2, 0) is 14.8 Å². The van der Waals surface area contributed by atoms with Gasteiger partial charge in [-0.1, -0.05) is 35.9 Å². The van der Waals surface area contributed by atoms with Crippen molar-refractivity contribution in [1.29, 1.82) is 0 Å². The van der Waals surface area contributed by atoms with Crippen molar-refractivity contribution < 1.29 is 17.9 Å². The maximum Gasteiger partial charge on any atom is 0.264 e. The maximum absolute atomic E-state index is 13.3. The summed E-state index contributed by atoms with van der Waals surface area (Å²) in [6.07, 6.45) is 0. The zero-order valence-electron chi connectivity index (χ0n) is 16.2. The zero-order chi connectivity index (χ0) is 20.9. The number of benzene rings is 3. The molecule has 0 unspecified atom stereocenters. The molecular weight excluding hydrogens is 388 g/mol. The van der Waals surface area contributed by atoms with Gasteiger partial charge in [0.15, 0.2) is 0 Å². The van der Waals surface area contributed by atoms with Crippen LogP contribution >= 0.6 is 0 Å². The molecule has 150 valence electrons. The molecular formula is C22H22N2O4S. The first-order chi connectivity index (χ1) is 13.9. The summed E-state index contributed by atoms with van der Waals surface area (Å²) < 4.78 is 32.8. The molecule has 0 aromatic heterocycles. The highest BCUT2D eigenvalue weighted by molar-refractivity contribution is 7.92. The van der Waals surface area contributed by atoms with E-state index in [0.717, 1.165) is 9.87 Å². The summed E-state index contributed by atoms with van der Waals surface area (Å²) >= 11 is 0. The molecule has 0 saturated heterocycles. The van der Waals surface area contributed by atoms with E-state index < -0.39 is 15.9 Å². The van der Waals surface area contributed by atoms with E-state index >= 15 is 0 Å². The second-order valence-corrected chi connectivity index (χ2v) is 8.30. The van der Waals surface area contributed by atoms with Gasteiger partial charge in [0, 0.05) is 5.69 Å². The molecule has 3 rings (SSSR count). The molecule has 0 heterocycles. The number of hydrogen-bond donors (Lipinski definition) is 1. The molecule has 0 radical (unpaired) electrons. The van der Waals surface area contributed by atoms with Gasteiger partial charge in [-0.2, -0.15) is 0 Å². The number of ether oxygens (including phenoxy) is 1. The molecule has 0 fully saturated rings. The van der Waals surface area contributed by atoms with E-state index in [2.05, 4.69) is 5.32 Å². The molecule has 7 heteroatoms. The SMILES string of the molecule is COc1ccc(N(CC(=O)Nc2ccccc2)S(=O)(=O)c2ccc(C)cc2)cc1. The Morgan fingerprint density at radius 1 is 0.931 bits per heavy atom. The highest BCUT2D eigenvalue weighted by Crippen LogP contribution is 2.26. The van der Waals surface area contributed by atoms with Gasteiger partial charge >= 0.3 is 0 Å². The Hall–Kier alpha value is -3.32. The molecule has 0 aliphatic heterocycles. The Labute approximate surface area is 170 Å². The monoisotopic (exact) mass is 410 g/mol. The normalized spacial score (nSPS) is 11.0. The zero-order valence-corrected chi connectivity index (χ0v) is 17.0. The van der Waals surface area contributed by atoms with Crippen molar-refractivity contribution in [3.05, 3.63) is 84.4 Å². The van der Waals surface area contributed by atoms with Crippen LogP contribution in [0.4, 0.5) is 11.4 Å². The van der Waals surface area contributed by atoms with Gasteiger partial charge in [-0.15, -0.1) is 0 Å². The number of hydrogen-bond acceptors (Lipinski definition) is 4. The number of anilines is 2. The summed E-state index contributed by atoms with van der Waals surface area (Å²) in [4.78, 5) is 12.7. The molecule has 0 atom stereocenters. The number of rotatable bonds is 7. The van der Waals surface area contributed by atoms with Gasteiger partial charge in [-0.3, -0.25) is 9.10 Å². The van der Waals surface area contributed by atoms with Crippen LogP contribution in [0.15, 0.2) is 83.8 Å². The van der Waals surface area contributed by atoms with Crippen LogP contribution in [0.1, 0.15) is 5.56 Å². The molecule has 29 heavy (non-hydrogen) atoms. The first-order valence-corrected chi connectivity index (χ1v) is 10.4. The van der Waals surface area contributed by atoms with Crippen LogP contribution in [0.25, 0.3) is 0 Å². The van der Waals surface area contributed by atoms with Gasteiger partial charge in [0.1, 0.15) is 12.3 Å². The summed E-state index contributed by atoms with van der Waals surface area (Å²) in [6.45, 7) is 1.52. The molecule has 6 nitrogen and oxygen atoms in total. The predicted octanol–water partition coefficient (Wildman–Crippen LogP) is 3.84. The molecule has 0 bridgehead atoms. The fraction of sp³-hybridized carbons (Fsp3) is 0.136. The number of carbonyl (C=O) groups excluding carboxylic acids is 1. The number of aryl methyl sites for hydroxylation is 1. The van der Waals surface area contributed by atoms with E-state index in [-0.39, 0.29) is 11.4 Å². The number of sulfonamides is 1. The number of carbonyl (C=O) groups is 1. The standard InChI is InChI=1S/C22H22N2O4S/c1-17-8-14-21(15-9-17)29(26,27)24(19-10-12-20(28-2)13-11-19)16-22(25)23-18-6-4-3-5-7-18/h3-15H,16H2,1-2H3,(H,23,25). The van der Waals surface area contributed by atoms with Crippen LogP contribution < -0.4 is 14.4 Å². The minimum atomic E-state index is -3.95. The molecule has 0 aliphatic rings. The van der Waals surface area contributed by atoms with Crippen LogP contribution in [0.2, 0.25) is 0 Å². The first kappa shape index (κ1) is 20.4. The van der Waals surface area contributed by atoms with Gasteiger partial charge in [0.05, 0.1) is 17.7 Å². The van der Waals surface area contributed by atoms with E-state index in [4.69, 9.17) is 4.74 Å². The van der Waals surface area contributed by atoms with Crippen molar-refractivity contribution in [3.63, 3.8) is 0 Å². The fourth-order valence-corrected chi connectivity index (χ4v) is 4.17. The van der Waals surface area contributed by atoms with E-state index in [1.807, 2.05) is 13.0 Å². The Kier molecular flexibility index (Phi) is 6.19. The second-order valence-electron chi connectivity index (χ2n) is 6.44. The second kappa shape index (κ2) is 8.79. The summed E-state index contributed by atoms with van der Waals surface area (Å²) in [5, 5.41) is 2.73. The topological polar surface area (TPSA) is 75.7 Å². The Balaban J connectivity index is 1.94. The third-order valence-electron chi connectivity index (χ3n) is 4.31. The van der Waals surface area contributed by atoms with Crippen molar-refractivity contribution >= 4 is 27.3 Å². The van der Waals surface area contributed by atoms with Gasteiger partial charge in [-0.05, 0) is 55.5 Å². The number of para-hydroxylation sites is 1. The van der Waals surface area contributed by atoms with Crippen LogP contribution in [-0.4, -0.2) is 28.0 Å². The Morgan fingerprint density at radius 2 is 1.55 bits per heavy atom. The number of nitrogens with one attached hydrogen (secondary N) is 1. The molecule has 3 aromatic rings. The molecule has 0 saturated carbocycles. The van der Waals surface area contributed by atoms with E-state index in [0.29, 0.717) is 17.1 Å². The van der Waals surface area contributed by atoms with E-state index in [1.54, 1.807) is 60.7 Å². The Morgan fingerprint density at radius 3 is 2.14 bits per heavy atom. The molecule has 0 aliphatic carbocycles. The van der Waals surface area contributed by atoms with E-state index in [1.165, 1.54) is 19.2 Å². The van der Waals surface area contributed by atoms with Gasteiger partial charge < -0.3 is 10.1 Å². The van der Waals surface area contributed by atoms with Gasteiger partial charge in [0.2, 0.25) is 5.91 Å². The third-order valence-corrected chi connectivity index (χ3v) is 6.10. The molecule has 1 N–H and O–H groups in total. The number of methoxy groups -OCH3 is 1. The smallest absolute Gasteiger partial charge is 0.264 e. The van der Waals surface area contributed by atoms with Crippen molar-refractivity contribution in [1.82, 2.24) is 0 Å². The predicted molar refractivity (Wildman–Crippen MR) is 114 cm³/mol. The van der Waals surface area contributed by atoms with Crippen molar-refractivity contribution in [2.75, 3.05) is 23.3 Å². The number of amides is 1. The highest BCUT2D eigenvalue weighted by atomic mass is 32.2. The van der Waals surface area contributed by atoms with Crippen LogP contribution in [0.3, 0.4) is 0 Å². The van der Waals surface area contributed by atoms with Crippen molar-refractivity contribution in [2.45, 2.75) is 11.8 Å². The maximum atomic E-state index is 13.3. The summed E-state index contributed by atoms with van der Waals surface area (Å²) in [5.41, 5.74) is 1.91. The van der Waals surface area contributed by atoms with Crippen LogP contribution in [0, 0.1) is 6.92 Å². The van der Waals surface area contributed by atoms with E-state index in [9.17, 15) is 13.2 Å². The lowest BCUT2D eigenvalue weighted by Gasteiger charge is -2.24. The minimum Gasteiger partial charge on any atom is -0.497 e. The van der Waals surface area contributed by atoms with Crippen molar-refractivity contribution in [2.24, 2.45) is 0 Å². The van der Waals surface area contributed by atoms with Crippen molar-refractivity contribution in [3.8, 4) is 5.75 Å².